The van der Waals surface area contributed by atoms with Gasteiger partial charge >= 0.3 is 0 Å². The molecule has 0 saturated heterocycles. The number of hydrogen-bond donors (Lipinski definition) is 2. The number of aliphatic hydroxyl groups excluding tert-OH is 1. The van der Waals surface area contributed by atoms with Gasteiger partial charge < -0.3 is 15.3 Å². The first kappa shape index (κ1) is 19.2. The minimum absolute atomic E-state index is 0.0159. The summed E-state index contributed by atoms with van der Waals surface area (Å²) in [4.78, 5) is 25.5. The van der Waals surface area contributed by atoms with E-state index in [-0.39, 0.29) is 36.3 Å². The summed E-state index contributed by atoms with van der Waals surface area (Å²) in [6.45, 7) is 7.80. The number of aliphatic hydroxyl groups is 1. The van der Waals surface area contributed by atoms with E-state index >= 15 is 0 Å². The molecule has 0 aliphatic heterocycles. The number of anilines is 1. The second kappa shape index (κ2) is 8.11. The smallest absolute Gasteiger partial charge is 0.227 e. The zero-order valence-electron chi connectivity index (χ0n) is 14.7. The first-order valence-corrected chi connectivity index (χ1v) is 7.87. The third kappa shape index (κ3) is 6.82. The van der Waals surface area contributed by atoms with Crippen LogP contribution in [0.5, 0.6) is 0 Å². The number of rotatable bonds is 6. The summed E-state index contributed by atoms with van der Waals surface area (Å²) in [5, 5.41) is 11.9. The van der Waals surface area contributed by atoms with Crippen molar-refractivity contribution in [3.05, 3.63) is 29.8 Å². The minimum Gasteiger partial charge on any atom is -0.394 e. The molecule has 0 aliphatic rings. The molecule has 5 heteroatoms. The second-order valence-corrected chi connectivity index (χ2v) is 7.20. The van der Waals surface area contributed by atoms with Crippen LogP contribution in [0.1, 0.15) is 39.7 Å². The van der Waals surface area contributed by atoms with E-state index in [9.17, 15) is 9.59 Å². The molecular formula is C18H28N2O3. The van der Waals surface area contributed by atoms with Crippen LogP contribution in [0, 0.1) is 5.41 Å². The highest BCUT2D eigenvalue weighted by Crippen LogP contribution is 2.20. The number of amides is 2. The van der Waals surface area contributed by atoms with Gasteiger partial charge in [0.25, 0.3) is 0 Å². The fourth-order valence-corrected chi connectivity index (χ4v) is 2.06. The van der Waals surface area contributed by atoms with Gasteiger partial charge in [-0.15, -0.1) is 0 Å². The summed E-state index contributed by atoms with van der Waals surface area (Å²) in [7, 11) is 1.68. The van der Waals surface area contributed by atoms with E-state index in [1.54, 1.807) is 31.0 Å². The van der Waals surface area contributed by atoms with Gasteiger partial charge in [0.15, 0.2) is 0 Å². The number of nitrogens with zero attached hydrogens (tertiary/aromatic N) is 1. The third-order valence-electron chi connectivity index (χ3n) is 3.60. The lowest BCUT2D eigenvalue weighted by atomic mass is 9.92. The van der Waals surface area contributed by atoms with Gasteiger partial charge in [0.05, 0.1) is 19.1 Å². The van der Waals surface area contributed by atoms with Crippen LogP contribution in [-0.4, -0.2) is 41.5 Å². The molecule has 0 aliphatic carbocycles. The Morgan fingerprint density at radius 3 is 2.26 bits per heavy atom. The average Bonchev–Trinajstić information content (AvgIpc) is 2.45. The molecule has 1 aromatic rings. The second-order valence-electron chi connectivity index (χ2n) is 7.20. The van der Waals surface area contributed by atoms with Crippen molar-refractivity contribution in [2.75, 3.05) is 19.0 Å². The Morgan fingerprint density at radius 1 is 1.22 bits per heavy atom. The lowest BCUT2D eigenvalue weighted by Gasteiger charge is -2.23. The van der Waals surface area contributed by atoms with Crippen LogP contribution in [0.2, 0.25) is 0 Å². The topological polar surface area (TPSA) is 69.6 Å². The van der Waals surface area contributed by atoms with Crippen molar-refractivity contribution in [1.29, 1.82) is 0 Å². The van der Waals surface area contributed by atoms with Gasteiger partial charge in [-0.3, -0.25) is 9.59 Å². The summed E-state index contributed by atoms with van der Waals surface area (Å²) in [5.41, 5.74) is 1.55. The van der Waals surface area contributed by atoms with Crippen molar-refractivity contribution in [3.8, 4) is 0 Å². The predicted octanol–water partition coefficient (Wildman–Crippen LogP) is 2.44. The Bertz CT molecular complexity index is 532. The van der Waals surface area contributed by atoms with Crippen LogP contribution in [0.15, 0.2) is 24.3 Å². The van der Waals surface area contributed by atoms with Crippen LogP contribution in [0.25, 0.3) is 0 Å². The van der Waals surface area contributed by atoms with Crippen molar-refractivity contribution < 1.29 is 14.7 Å². The highest BCUT2D eigenvalue weighted by Gasteiger charge is 2.17. The molecule has 1 aromatic carbocycles. The lowest BCUT2D eigenvalue weighted by molar-refractivity contribution is -0.131. The SMILES string of the molecule is CC(CO)N(C)C(=O)Cc1ccc(NC(=O)CC(C)(C)C)cc1. The monoisotopic (exact) mass is 320 g/mol. The van der Waals surface area contributed by atoms with Crippen LogP contribution in [0.4, 0.5) is 5.69 Å². The average molecular weight is 320 g/mol. The molecule has 0 radical (unpaired) electrons. The number of benzene rings is 1. The number of carbonyl (C=O) groups is 2. The molecule has 0 heterocycles. The summed E-state index contributed by atoms with van der Waals surface area (Å²) in [5.74, 6) is -0.0612. The molecule has 5 nitrogen and oxygen atoms in total. The summed E-state index contributed by atoms with van der Waals surface area (Å²) >= 11 is 0. The molecule has 0 aromatic heterocycles. The van der Waals surface area contributed by atoms with Gasteiger partial charge in [-0.2, -0.15) is 0 Å². The predicted molar refractivity (Wildman–Crippen MR) is 92.2 cm³/mol. The Kier molecular flexibility index (Phi) is 6.76. The van der Waals surface area contributed by atoms with Gasteiger partial charge in [0, 0.05) is 19.2 Å². The van der Waals surface area contributed by atoms with Gasteiger partial charge in [-0.1, -0.05) is 32.9 Å². The fourth-order valence-electron chi connectivity index (χ4n) is 2.06. The molecule has 128 valence electrons. The van der Waals surface area contributed by atoms with E-state index in [0.29, 0.717) is 6.42 Å². The van der Waals surface area contributed by atoms with Gasteiger partial charge in [-0.05, 0) is 30.0 Å². The molecule has 1 rings (SSSR count). The zero-order valence-corrected chi connectivity index (χ0v) is 14.7. The third-order valence-corrected chi connectivity index (χ3v) is 3.60. The molecule has 2 N–H and O–H groups in total. The van der Waals surface area contributed by atoms with E-state index in [0.717, 1.165) is 11.3 Å². The molecule has 2 amide bonds. The first-order chi connectivity index (χ1) is 10.6. The normalized spacial score (nSPS) is 12.6. The molecule has 0 spiro atoms. The van der Waals surface area contributed by atoms with Crippen molar-refractivity contribution in [2.45, 2.75) is 46.6 Å². The van der Waals surface area contributed by atoms with E-state index < -0.39 is 0 Å². The quantitative estimate of drug-likeness (QED) is 0.846. The van der Waals surface area contributed by atoms with Gasteiger partial charge in [0.1, 0.15) is 0 Å². The van der Waals surface area contributed by atoms with E-state index in [1.807, 2.05) is 32.9 Å². The molecule has 0 fully saturated rings. The highest BCUT2D eigenvalue weighted by atomic mass is 16.3. The largest absolute Gasteiger partial charge is 0.394 e. The standard InChI is InChI=1S/C18H28N2O3/c1-13(12-21)20(5)17(23)10-14-6-8-15(9-7-14)19-16(22)11-18(2,3)4/h6-9,13,21H,10-12H2,1-5H3,(H,19,22). The maximum absolute atomic E-state index is 12.1. The van der Waals surface area contributed by atoms with Gasteiger partial charge in [0.2, 0.25) is 11.8 Å². The van der Waals surface area contributed by atoms with Crippen LogP contribution < -0.4 is 5.32 Å². The molecule has 23 heavy (non-hydrogen) atoms. The van der Waals surface area contributed by atoms with Gasteiger partial charge in [-0.25, -0.2) is 0 Å². The van der Waals surface area contributed by atoms with Crippen LogP contribution in [0.3, 0.4) is 0 Å². The Morgan fingerprint density at radius 2 is 1.78 bits per heavy atom. The molecular weight excluding hydrogens is 292 g/mol. The van der Waals surface area contributed by atoms with Crippen molar-refractivity contribution >= 4 is 17.5 Å². The molecule has 1 unspecified atom stereocenters. The van der Waals surface area contributed by atoms with Crippen molar-refractivity contribution in [3.63, 3.8) is 0 Å². The zero-order chi connectivity index (χ0) is 17.6. The Hall–Kier alpha value is -1.88. The summed E-state index contributed by atoms with van der Waals surface area (Å²) in [6, 6.07) is 7.08. The summed E-state index contributed by atoms with van der Waals surface area (Å²) in [6.07, 6.45) is 0.730. The molecule has 0 saturated carbocycles. The van der Waals surface area contributed by atoms with E-state index in [1.165, 1.54) is 0 Å². The van der Waals surface area contributed by atoms with E-state index in [4.69, 9.17) is 5.11 Å². The van der Waals surface area contributed by atoms with Crippen molar-refractivity contribution in [2.24, 2.45) is 5.41 Å². The fraction of sp³-hybridized carbons (Fsp3) is 0.556. The van der Waals surface area contributed by atoms with Crippen molar-refractivity contribution in [1.82, 2.24) is 4.90 Å². The molecule has 1 atom stereocenters. The maximum atomic E-state index is 12.1. The Labute approximate surface area is 138 Å². The van der Waals surface area contributed by atoms with E-state index in [2.05, 4.69) is 5.32 Å². The number of nitrogens with one attached hydrogen (secondary N) is 1. The lowest BCUT2D eigenvalue weighted by Crippen LogP contribution is -2.38. The van der Waals surface area contributed by atoms with Crippen LogP contribution in [-0.2, 0) is 16.0 Å². The number of hydrogen-bond acceptors (Lipinski definition) is 3. The highest BCUT2D eigenvalue weighted by molar-refractivity contribution is 5.91. The minimum atomic E-state index is -0.196. The molecule has 0 bridgehead atoms. The number of carbonyl (C=O) groups excluding carboxylic acids is 2. The number of likely N-dealkylation sites (N-methyl/N-ethyl adjacent to an activating group) is 1. The summed E-state index contributed by atoms with van der Waals surface area (Å²) < 4.78 is 0. The van der Waals surface area contributed by atoms with Crippen LogP contribution >= 0.6 is 0 Å². The maximum Gasteiger partial charge on any atom is 0.227 e. The Balaban J connectivity index is 2.60. The first-order valence-electron chi connectivity index (χ1n) is 7.87.